The molecule has 0 atom stereocenters. The van der Waals surface area contributed by atoms with Crippen LogP contribution in [0.15, 0.2) is 41.4 Å². The van der Waals surface area contributed by atoms with Crippen molar-refractivity contribution in [1.82, 2.24) is 14.1 Å². The average Bonchev–Trinajstić information content (AvgIpc) is 3.42. The lowest BCUT2D eigenvalue weighted by atomic mass is 10.2. The van der Waals surface area contributed by atoms with Gasteiger partial charge in [0.15, 0.2) is 0 Å². The molecule has 1 saturated heterocycles. The highest BCUT2D eigenvalue weighted by Crippen LogP contribution is 2.31. The van der Waals surface area contributed by atoms with E-state index in [0.717, 1.165) is 25.7 Å². The molecule has 1 aliphatic heterocycles. The topological polar surface area (TPSA) is 84.3 Å². The number of aromatic nitrogens is 2. The van der Waals surface area contributed by atoms with Crippen LogP contribution in [0, 0.1) is 0 Å². The van der Waals surface area contributed by atoms with Gasteiger partial charge in [0.2, 0.25) is 10.0 Å². The fourth-order valence-electron chi connectivity index (χ4n) is 3.92. The monoisotopic (exact) mass is 388 g/mol. The summed E-state index contributed by atoms with van der Waals surface area (Å²) in [7, 11) is -3.54. The highest BCUT2D eigenvalue weighted by Gasteiger charge is 2.28. The second kappa shape index (κ2) is 7.44. The van der Waals surface area contributed by atoms with Gasteiger partial charge in [-0.2, -0.15) is 9.40 Å². The molecule has 2 heterocycles. The van der Waals surface area contributed by atoms with Gasteiger partial charge in [0.1, 0.15) is 5.82 Å². The highest BCUT2D eigenvalue weighted by atomic mass is 32.2. The average molecular weight is 388 g/mol. The minimum absolute atomic E-state index is 0.168. The van der Waals surface area contributed by atoms with E-state index in [4.69, 9.17) is 0 Å². The van der Waals surface area contributed by atoms with Gasteiger partial charge in [0.25, 0.3) is 5.91 Å². The van der Waals surface area contributed by atoms with Crippen LogP contribution in [0.4, 0.5) is 5.82 Å². The molecule has 1 aromatic carbocycles. The van der Waals surface area contributed by atoms with E-state index in [1.54, 1.807) is 30.5 Å². The summed E-state index contributed by atoms with van der Waals surface area (Å²) in [5.41, 5.74) is 0.328. The van der Waals surface area contributed by atoms with Crippen molar-refractivity contribution in [1.29, 1.82) is 0 Å². The van der Waals surface area contributed by atoms with Gasteiger partial charge < -0.3 is 5.32 Å². The molecule has 144 valence electrons. The van der Waals surface area contributed by atoms with Gasteiger partial charge in [-0.1, -0.05) is 18.9 Å². The summed E-state index contributed by atoms with van der Waals surface area (Å²) in [6.07, 6.45) is 7.92. The van der Waals surface area contributed by atoms with Crippen LogP contribution in [0.1, 0.15) is 54.9 Å². The number of rotatable bonds is 5. The maximum absolute atomic E-state index is 12.7. The number of nitrogens with zero attached hydrogens (tertiary/aromatic N) is 3. The second-order valence-electron chi connectivity index (χ2n) is 7.19. The maximum atomic E-state index is 12.7. The van der Waals surface area contributed by atoms with E-state index in [1.807, 2.05) is 4.68 Å². The van der Waals surface area contributed by atoms with Crippen molar-refractivity contribution in [2.75, 3.05) is 18.4 Å². The van der Waals surface area contributed by atoms with Gasteiger partial charge in [0, 0.05) is 24.7 Å². The number of hydrogen-bond donors (Lipinski definition) is 1. The van der Waals surface area contributed by atoms with Crippen LogP contribution in [0.2, 0.25) is 0 Å². The number of carbonyl (C=O) groups is 1. The van der Waals surface area contributed by atoms with Gasteiger partial charge in [-0.15, -0.1) is 0 Å². The summed E-state index contributed by atoms with van der Waals surface area (Å²) < 4.78 is 28.8. The molecule has 0 spiro atoms. The number of benzene rings is 1. The third-order valence-corrected chi connectivity index (χ3v) is 7.28. The molecule has 2 aliphatic rings. The van der Waals surface area contributed by atoms with E-state index in [-0.39, 0.29) is 10.8 Å². The van der Waals surface area contributed by atoms with Crippen LogP contribution in [-0.4, -0.2) is 41.5 Å². The van der Waals surface area contributed by atoms with Gasteiger partial charge >= 0.3 is 0 Å². The third-order valence-electron chi connectivity index (χ3n) is 5.38. The first-order valence-electron chi connectivity index (χ1n) is 9.51. The Bertz CT molecular complexity index is 926. The summed E-state index contributed by atoms with van der Waals surface area (Å²) in [6, 6.07) is 8.35. The highest BCUT2D eigenvalue weighted by molar-refractivity contribution is 7.89. The maximum Gasteiger partial charge on any atom is 0.256 e. The molecule has 4 rings (SSSR count). The minimum atomic E-state index is -3.54. The molecule has 2 aromatic rings. The molecule has 1 saturated carbocycles. The Morgan fingerprint density at radius 3 is 2.56 bits per heavy atom. The SMILES string of the molecule is O=C(Nc1ccnn1C1CCCC1)c1cccc(S(=O)(=O)N2CCCC2)c1. The van der Waals surface area contributed by atoms with E-state index >= 15 is 0 Å². The predicted molar refractivity (Wildman–Crippen MR) is 102 cm³/mol. The molecular formula is C19H24N4O3S. The zero-order valence-electron chi connectivity index (χ0n) is 15.2. The molecule has 7 nitrogen and oxygen atoms in total. The zero-order valence-corrected chi connectivity index (χ0v) is 16.0. The summed E-state index contributed by atoms with van der Waals surface area (Å²) in [4.78, 5) is 12.9. The summed E-state index contributed by atoms with van der Waals surface area (Å²) in [5, 5.41) is 7.24. The first-order valence-corrected chi connectivity index (χ1v) is 10.9. The number of sulfonamides is 1. The predicted octanol–water partition coefficient (Wildman–Crippen LogP) is 3.04. The first kappa shape index (κ1) is 18.2. The zero-order chi connectivity index (χ0) is 18.9. The van der Waals surface area contributed by atoms with E-state index in [1.165, 1.54) is 23.2 Å². The Kier molecular flexibility index (Phi) is 5.01. The van der Waals surface area contributed by atoms with Gasteiger partial charge in [-0.05, 0) is 43.9 Å². The summed E-state index contributed by atoms with van der Waals surface area (Å²) >= 11 is 0. The van der Waals surface area contributed by atoms with E-state index < -0.39 is 10.0 Å². The van der Waals surface area contributed by atoms with Crippen molar-refractivity contribution in [2.24, 2.45) is 0 Å². The largest absolute Gasteiger partial charge is 0.307 e. The Balaban J connectivity index is 1.54. The van der Waals surface area contributed by atoms with Crippen LogP contribution < -0.4 is 5.32 Å². The lowest BCUT2D eigenvalue weighted by Crippen LogP contribution is -2.28. The van der Waals surface area contributed by atoms with E-state index in [2.05, 4.69) is 10.4 Å². The number of anilines is 1. The van der Waals surface area contributed by atoms with Crippen molar-refractivity contribution >= 4 is 21.7 Å². The van der Waals surface area contributed by atoms with E-state index in [9.17, 15) is 13.2 Å². The molecule has 1 amide bonds. The lowest BCUT2D eigenvalue weighted by molar-refractivity contribution is 0.102. The van der Waals surface area contributed by atoms with Crippen molar-refractivity contribution in [2.45, 2.75) is 49.5 Å². The normalized spacial score (nSPS) is 18.8. The van der Waals surface area contributed by atoms with Gasteiger partial charge in [0.05, 0.1) is 17.1 Å². The quantitative estimate of drug-likeness (QED) is 0.853. The van der Waals surface area contributed by atoms with Crippen molar-refractivity contribution < 1.29 is 13.2 Å². The van der Waals surface area contributed by atoms with Gasteiger partial charge in [-0.25, -0.2) is 13.1 Å². The number of amides is 1. The van der Waals surface area contributed by atoms with Gasteiger partial charge in [-0.3, -0.25) is 4.79 Å². The molecular weight excluding hydrogens is 364 g/mol. The molecule has 1 N–H and O–H groups in total. The van der Waals surface area contributed by atoms with Crippen molar-refractivity contribution in [3.63, 3.8) is 0 Å². The van der Waals surface area contributed by atoms with Crippen LogP contribution in [-0.2, 0) is 10.0 Å². The number of nitrogens with one attached hydrogen (secondary N) is 1. The fraction of sp³-hybridized carbons (Fsp3) is 0.474. The van der Waals surface area contributed by atoms with Crippen molar-refractivity contribution in [3.8, 4) is 0 Å². The number of hydrogen-bond acceptors (Lipinski definition) is 4. The summed E-state index contributed by atoms with van der Waals surface area (Å²) in [5.74, 6) is 0.327. The number of carbonyl (C=O) groups excluding carboxylic acids is 1. The molecule has 1 aliphatic carbocycles. The third kappa shape index (κ3) is 3.64. The minimum Gasteiger partial charge on any atom is -0.307 e. The van der Waals surface area contributed by atoms with E-state index in [0.29, 0.717) is 30.5 Å². The summed E-state index contributed by atoms with van der Waals surface area (Å²) in [6.45, 7) is 1.08. The molecule has 2 fully saturated rings. The molecule has 0 unspecified atom stereocenters. The molecule has 8 heteroatoms. The Morgan fingerprint density at radius 1 is 1.07 bits per heavy atom. The Morgan fingerprint density at radius 2 is 1.81 bits per heavy atom. The molecule has 27 heavy (non-hydrogen) atoms. The molecule has 0 radical (unpaired) electrons. The van der Waals surface area contributed by atoms with Crippen LogP contribution in [0.25, 0.3) is 0 Å². The molecule has 1 aromatic heterocycles. The smallest absolute Gasteiger partial charge is 0.256 e. The molecule has 0 bridgehead atoms. The lowest BCUT2D eigenvalue weighted by Gasteiger charge is -2.16. The Labute approximate surface area is 159 Å². The van der Waals surface area contributed by atoms with Crippen LogP contribution >= 0.6 is 0 Å². The first-order chi connectivity index (χ1) is 13.1. The van der Waals surface area contributed by atoms with Crippen molar-refractivity contribution in [3.05, 3.63) is 42.1 Å². The van der Waals surface area contributed by atoms with Crippen LogP contribution in [0.3, 0.4) is 0 Å². The fourth-order valence-corrected chi connectivity index (χ4v) is 5.48. The van der Waals surface area contributed by atoms with Crippen LogP contribution in [0.5, 0.6) is 0 Å². The Hall–Kier alpha value is -2.19. The second-order valence-corrected chi connectivity index (χ2v) is 9.13. The standard InChI is InChI=1S/C19H24N4O3S/c24-19(21-18-10-11-20-23(18)16-7-1-2-8-16)15-6-5-9-17(14-15)27(25,26)22-12-3-4-13-22/h5-6,9-11,14,16H,1-4,7-8,12-13H2,(H,21,24).